The van der Waals surface area contributed by atoms with Gasteiger partial charge in [-0.2, -0.15) is 0 Å². The highest BCUT2D eigenvalue weighted by Gasteiger charge is 2.31. The van der Waals surface area contributed by atoms with E-state index >= 15 is 0 Å². The average molecular weight is 525 g/mol. The molecule has 0 N–H and O–H groups in total. The first-order valence-electron chi connectivity index (χ1n) is 16.2. The number of rotatable bonds is 26. The number of carbonyl (C=O) groups is 2. The molecule has 220 valence electrons. The Bertz CT molecular complexity index is 483. The molecule has 0 bridgehead atoms. The standard InChI is InChI=1S/C33H64O4/c1-6-8-10-12-14-16-18-20-22-24-26-28-30(34)36-32(33(3,4)5)37-31(35)29-27-25-23-21-19-17-15-13-11-9-7-2/h32H,6-29H2,1-5H3. The number of carbonyl (C=O) groups excluding carboxylic acids is 2. The van der Waals surface area contributed by atoms with Gasteiger partial charge >= 0.3 is 11.9 Å². The van der Waals surface area contributed by atoms with Crippen molar-refractivity contribution in [2.24, 2.45) is 5.41 Å². The highest BCUT2D eigenvalue weighted by molar-refractivity contribution is 5.71. The molecule has 0 aliphatic carbocycles. The average Bonchev–Trinajstić information content (AvgIpc) is 2.85. The van der Waals surface area contributed by atoms with Gasteiger partial charge in [0.15, 0.2) is 0 Å². The summed E-state index contributed by atoms with van der Waals surface area (Å²) in [5, 5.41) is 0. The van der Waals surface area contributed by atoms with Gasteiger partial charge in [0.2, 0.25) is 0 Å². The molecular formula is C33H64O4. The van der Waals surface area contributed by atoms with Gasteiger partial charge < -0.3 is 9.47 Å². The van der Waals surface area contributed by atoms with Crippen molar-refractivity contribution in [1.82, 2.24) is 0 Å². The SMILES string of the molecule is CCCCCCCCCCCCCC(=O)OC(OC(=O)CCCCCCCCCCCCC)C(C)(C)C. The number of unbranched alkanes of at least 4 members (excludes halogenated alkanes) is 20. The molecule has 0 fully saturated rings. The van der Waals surface area contributed by atoms with Gasteiger partial charge in [-0.1, -0.05) is 163 Å². The third-order valence-corrected chi connectivity index (χ3v) is 7.15. The number of esters is 2. The number of hydrogen-bond acceptors (Lipinski definition) is 4. The lowest BCUT2D eigenvalue weighted by atomic mass is 9.96. The molecule has 0 atom stereocenters. The smallest absolute Gasteiger partial charge is 0.308 e. The van der Waals surface area contributed by atoms with Crippen molar-refractivity contribution in [3.63, 3.8) is 0 Å². The summed E-state index contributed by atoms with van der Waals surface area (Å²) in [5.74, 6) is -0.503. The maximum atomic E-state index is 12.4. The van der Waals surface area contributed by atoms with E-state index in [-0.39, 0.29) is 11.9 Å². The van der Waals surface area contributed by atoms with E-state index in [2.05, 4.69) is 13.8 Å². The van der Waals surface area contributed by atoms with Crippen LogP contribution in [0.25, 0.3) is 0 Å². The third kappa shape index (κ3) is 25.0. The van der Waals surface area contributed by atoms with Crippen molar-refractivity contribution in [2.45, 2.75) is 195 Å². The van der Waals surface area contributed by atoms with Crippen LogP contribution < -0.4 is 0 Å². The van der Waals surface area contributed by atoms with E-state index in [1.54, 1.807) is 0 Å². The maximum absolute atomic E-state index is 12.4. The van der Waals surface area contributed by atoms with Crippen molar-refractivity contribution >= 4 is 11.9 Å². The topological polar surface area (TPSA) is 52.6 Å². The van der Waals surface area contributed by atoms with Gasteiger partial charge in [0.05, 0.1) is 0 Å². The predicted molar refractivity (Wildman–Crippen MR) is 158 cm³/mol. The molecule has 4 heteroatoms. The molecule has 0 aliphatic rings. The summed E-state index contributed by atoms with van der Waals surface area (Å²) in [6, 6.07) is 0. The maximum Gasteiger partial charge on any atom is 0.308 e. The molecule has 0 saturated carbocycles. The Kier molecular flexibility index (Phi) is 24.5. The zero-order valence-corrected chi connectivity index (χ0v) is 25.7. The van der Waals surface area contributed by atoms with E-state index in [4.69, 9.17) is 9.47 Å². The summed E-state index contributed by atoms with van der Waals surface area (Å²) >= 11 is 0. The summed E-state index contributed by atoms with van der Waals surface area (Å²) in [4.78, 5) is 24.8. The lowest BCUT2D eigenvalue weighted by Gasteiger charge is -2.29. The molecule has 0 aromatic rings. The van der Waals surface area contributed by atoms with Gasteiger partial charge in [0.1, 0.15) is 0 Å². The summed E-state index contributed by atoms with van der Waals surface area (Å²) in [5.41, 5.74) is -0.431. The van der Waals surface area contributed by atoms with E-state index in [1.807, 2.05) is 20.8 Å². The van der Waals surface area contributed by atoms with Crippen LogP contribution in [0.5, 0.6) is 0 Å². The molecule has 0 aromatic carbocycles. The van der Waals surface area contributed by atoms with Crippen molar-refractivity contribution in [3.05, 3.63) is 0 Å². The number of ether oxygens (including phenoxy) is 2. The molecule has 0 unspecified atom stereocenters. The van der Waals surface area contributed by atoms with Gasteiger partial charge in [0, 0.05) is 18.3 Å². The Morgan fingerprint density at radius 3 is 0.946 bits per heavy atom. The van der Waals surface area contributed by atoms with Crippen molar-refractivity contribution < 1.29 is 19.1 Å². The second kappa shape index (κ2) is 25.2. The monoisotopic (exact) mass is 524 g/mol. The van der Waals surface area contributed by atoms with Crippen molar-refractivity contribution in [2.75, 3.05) is 0 Å². The van der Waals surface area contributed by atoms with Crippen LogP contribution in [0.4, 0.5) is 0 Å². The summed E-state index contributed by atoms with van der Waals surface area (Å²) < 4.78 is 11.2. The highest BCUT2D eigenvalue weighted by atomic mass is 16.7. The largest absolute Gasteiger partial charge is 0.425 e. The third-order valence-electron chi connectivity index (χ3n) is 7.15. The first-order valence-corrected chi connectivity index (χ1v) is 16.2. The molecular weight excluding hydrogens is 460 g/mol. The second-order valence-electron chi connectivity index (χ2n) is 12.2. The van der Waals surface area contributed by atoms with Crippen LogP contribution in [0.3, 0.4) is 0 Å². The minimum absolute atomic E-state index is 0.252. The minimum Gasteiger partial charge on any atom is -0.425 e. The second-order valence-corrected chi connectivity index (χ2v) is 12.2. The van der Waals surface area contributed by atoms with Gasteiger partial charge in [0.25, 0.3) is 6.29 Å². The Labute approximate surface area is 231 Å². The van der Waals surface area contributed by atoms with Gasteiger partial charge in [-0.3, -0.25) is 9.59 Å². The minimum atomic E-state index is -0.812. The van der Waals surface area contributed by atoms with Gasteiger partial charge in [-0.25, -0.2) is 0 Å². The van der Waals surface area contributed by atoms with Crippen LogP contribution in [-0.4, -0.2) is 18.2 Å². The molecule has 0 amide bonds. The van der Waals surface area contributed by atoms with E-state index in [0.717, 1.165) is 25.7 Å². The zero-order valence-electron chi connectivity index (χ0n) is 25.7. The molecule has 0 aromatic heterocycles. The summed E-state index contributed by atoms with van der Waals surface area (Å²) in [7, 11) is 0. The Balaban J connectivity index is 3.87. The molecule has 0 aliphatic heterocycles. The fourth-order valence-corrected chi connectivity index (χ4v) is 4.60. The molecule has 4 nitrogen and oxygen atoms in total. The van der Waals surface area contributed by atoms with Crippen LogP contribution >= 0.6 is 0 Å². The fourth-order valence-electron chi connectivity index (χ4n) is 4.60. The quantitative estimate of drug-likeness (QED) is 0.0641. The van der Waals surface area contributed by atoms with Crippen LogP contribution in [0, 0.1) is 5.41 Å². The van der Waals surface area contributed by atoms with Crippen molar-refractivity contribution in [1.29, 1.82) is 0 Å². The lowest BCUT2D eigenvalue weighted by molar-refractivity contribution is -0.207. The van der Waals surface area contributed by atoms with E-state index in [1.165, 1.54) is 116 Å². The van der Waals surface area contributed by atoms with Crippen LogP contribution in [0.2, 0.25) is 0 Å². The lowest BCUT2D eigenvalue weighted by Crippen LogP contribution is -2.36. The Morgan fingerprint density at radius 2 is 0.703 bits per heavy atom. The van der Waals surface area contributed by atoms with E-state index in [0.29, 0.717) is 12.8 Å². The van der Waals surface area contributed by atoms with E-state index < -0.39 is 11.7 Å². The number of hydrogen-bond donors (Lipinski definition) is 0. The zero-order chi connectivity index (χ0) is 27.6. The van der Waals surface area contributed by atoms with Gasteiger partial charge in [-0.15, -0.1) is 0 Å². The van der Waals surface area contributed by atoms with Crippen molar-refractivity contribution in [3.8, 4) is 0 Å². The molecule has 37 heavy (non-hydrogen) atoms. The van der Waals surface area contributed by atoms with E-state index in [9.17, 15) is 9.59 Å². The first kappa shape index (κ1) is 35.9. The summed E-state index contributed by atoms with van der Waals surface area (Å²) in [6.45, 7) is 10.4. The summed E-state index contributed by atoms with van der Waals surface area (Å²) in [6.07, 6.45) is 27.5. The molecule has 0 radical (unpaired) electrons. The van der Waals surface area contributed by atoms with Crippen LogP contribution in [0.15, 0.2) is 0 Å². The van der Waals surface area contributed by atoms with Gasteiger partial charge in [-0.05, 0) is 12.8 Å². The van der Waals surface area contributed by atoms with Crippen LogP contribution in [0.1, 0.15) is 189 Å². The Hall–Kier alpha value is -1.06. The molecule has 0 heterocycles. The molecule has 0 saturated heterocycles. The normalized spacial score (nSPS) is 11.7. The predicted octanol–water partition coefficient (Wildman–Crippen LogP) is 10.8. The molecule has 0 spiro atoms. The Morgan fingerprint density at radius 1 is 0.459 bits per heavy atom. The fraction of sp³-hybridized carbons (Fsp3) is 0.939. The molecule has 0 rings (SSSR count). The van der Waals surface area contributed by atoms with Crippen LogP contribution in [-0.2, 0) is 19.1 Å². The first-order chi connectivity index (χ1) is 17.8. The highest BCUT2D eigenvalue weighted by Crippen LogP contribution is 2.25.